The lowest BCUT2D eigenvalue weighted by Crippen LogP contribution is -2.22. The molecule has 0 amide bonds. The summed E-state index contributed by atoms with van der Waals surface area (Å²) in [5.74, 6) is -0.234. The Morgan fingerprint density at radius 3 is 2.81 bits per heavy atom. The summed E-state index contributed by atoms with van der Waals surface area (Å²) < 4.78 is 30.6. The molecule has 0 saturated carbocycles. The minimum Gasteiger partial charge on any atom is -0.335 e. The number of hydrogen-bond donors (Lipinski definition) is 1. The van der Waals surface area contributed by atoms with Gasteiger partial charge in [0, 0.05) is 16.3 Å². The van der Waals surface area contributed by atoms with E-state index in [0.29, 0.717) is 13.0 Å². The molecular weight excluding hydrogens is 326 g/mol. The van der Waals surface area contributed by atoms with Crippen LogP contribution < -0.4 is 4.90 Å². The van der Waals surface area contributed by atoms with Crippen molar-refractivity contribution in [1.82, 2.24) is 0 Å². The number of allylic oxidation sites excluding steroid dienone is 1. The van der Waals surface area contributed by atoms with Crippen molar-refractivity contribution in [2.75, 3.05) is 17.2 Å². The summed E-state index contributed by atoms with van der Waals surface area (Å²) in [6.07, 6.45) is 3.13. The third-order valence-electron chi connectivity index (χ3n) is 3.05. The number of nitrogens with zero attached hydrogens (tertiary/aromatic N) is 1. The second kappa shape index (κ2) is 6.91. The number of thioether (sulfide) groups is 1. The van der Waals surface area contributed by atoms with Gasteiger partial charge in [-0.15, -0.1) is 0 Å². The van der Waals surface area contributed by atoms with Crippen LogP contribution in [-0.4, -0.2) is 30.1 Å². The number of benzene rings is 1. The van der Waals surface area contributed by atoms with Crippen molar-refractivity contribution in [2.45, 2.75) is 24.7 Å². The van der Waals surface area contributed by atoms with Crippen LogP contribution in [0.15, 0.2) is 40.3 Å². The van der Waals surface area contributed by atoms with E-state index >= 15 is 0 Å². The Morgan fingerprint density at radius 1 is 1.43 bits per heavy atom. The Bertz CT molecular complexity index is 668. The molecule has 0 radical (unpaired) electrons. The van der Waals surface area contributed by atoms with Crippen LogP contribution in [-0.2, 0) is 10.1 Å². The molecule has 0 aliphatic carbocycles. The first-order valence-corrected chi connectivity index (χ1v) is 9.48. The SMILES string of the molecule is CCC(=S)/C=C1\Sc2ccccc2N1CCCS(=O)(=O)O. The molecule has 0 aromatic heterocycles. The fourth-order valence-corrected chi connectivity index (χ4v) is 3.87. The van der Waals surface area contributed by atoms with Gasteiger partial charge >= 0.3 is 0 Å². The van der Waals surface area contributed by atoms with Crippen molar-refractivity contribution in [3.63, 3.8) is 0 Å². The Balaban J connectivity index is 2.19. The van der Waals surface area contributed by atoms with Gasteiger partial charge in [0.2, 0.25) is 0 Å². The largest absolute Gasteiger partial charge is 0.335 e. The van der Waals surface area contributed by atoms with Crippen molar-refractivity contribution in [1.29, 1.82) is 0 Å². The maximum absolute atomic E-state index is 10.9. The molecule has 1 heterocycles. The molecule has 0 atom stereocenters. The Labute approximate surface area is 135 Å². The predicted octanol–water partition coefficient (Wildman–Crippen LogP) is 3.50. The van der Waals surface area contributed by atoms with Gasteiger partial charge in [-0.2, -0.15) is 8.42 Å². The lowest BCUT2D eigenvalue weighted by molar-refractivity contribution is 0.481. The second-order valence-electron chi connectivity index (χ2n) is 4.66. The van der Waals surface area contributed by atoms with Crippen LogP contribution in [0.3, 0.4) is 0 Å². The molecule has 2 rings (SSSR count). The summed E-state index contributed by atoms with van der Waals surface area (Å²) in [6, 6.07) is 7.97. The average Bonchev–Trinajstić information content (AvgIpc) is 2.75. The fourth-order valence-electron chi connectivity index (χ4n) is 2.04. The zero-order valence-corrected chi connectivity index (χ0v) is 14.1. The molecule has 0 saturated heterocycles. The molecule has 21 heavy (non-hydrogen) atoms. The topological polar surface area (TPSA) is 57.6 Å². The molecule has 1 aromatic carbocycles. The number of thiocarbonyl (C=S) groups is 1. The van der Waals surface area contributed by atoms with Gasteiger partial charge in [-0.05, 0) is 31.1 Å². The number of hydrogen-bond acceptors (Lipinski definition) is 5. The van der Waals surface area contributed by atoms with Crippen molar-refractivity contribution >= 4 is 44.6 Å². The molecule has 7 heteroatoms. The van der Waals surface area contributed by atoms with Crippen molar-refractivity contribution in [3.05, 3.63) is 35.4 Å². The maximum atomic E-state index is 10.9. The highest BCUT2D eigenvalue weighted by atomic mass is 32.2. The van der Waals surface area contributed by atoms with Gasteiger partial charge in [-0.25, -0.2) is 0 Å². The van der Waals surface area contributed by atoms with E-state index in [-0.39, 0.29) is 5.75 Å². The van der Waals surface area contributed by atoms with Gasteiger partial charge in [0.1, 0.15) is 0 Å². The zero-order chi connectivity index (χ0) is 15.5. The van der Waals surface area contributed by atoms with E-state index < -0.39 is 10.1 Å². The van der Waals surface area contributed by atoms with Crippen LogP contribution in [0.4, 0.5) is 5.69 Å². The molecule has 0 bridgehead atoms. The number of fused-ring (bicyclic) bond motifs is 1. The first-order valence-electron chi connectivity index (χ1n) is 6.65. The summed E-state index contributed by atoms with van der Waals surface area (Å²) in [6.45, 7) is 2.54. The zero-order valence-electron chi connectivity index (χ0n) is 11.7. The van der Waals surface area contributed by atoms with Gasteiger partial charge < -0.3 is 4.90 Å². The molecule has 4 nitrogen and oxygen atoms in total. The first kappa shape index (κ1) is 16.5. The maximum Gasteiger partial charge on any atom is 0.264 e. The first-order chi connectivity index (χ1) is 9.90. The molecule has 0 unspecified atom stereocenters. The highest BCUT2D eigenvalue weighted by Gasteiger charge is 2.24. The van der Waals surface area contributed by atoms with Crippen LogP contribution >= 0.6 is 24.0 Å². The molecule has 0 fully saturated rings. The van der Waals surface area contributed by atoms with Crippen LogP contribution in [0.5, 0.6) is 0 Å². The minimum absolute atomic E-state index is 0.234. The van der Waals surface area contributed by atoms with Crippen LogP contribution in [0.25, 0.3) is 0 Å². The average molecular weight is 343 g/mol. The van der Waals surface area contributed by atoms with Crippen molar-refractivity contribution < 1.29 is 13.0 Å². The predicted molar refractivity (Wildman–Crippen MR) is 91.6 cm³/mol. The highest BCUT2D eigenvalue weighted by Crippen LogP contribution is 2.45. The third-order valence-corrected chi connectivity index (χ3v) is 5.38. The summed E-state index contributed by atoms with van der Waals surface area (Å²) in [7, 11) is -3.92. The lowest BCUT2D eigenvalue weighted by Gasteiger charge is -2.20. The second-order valence-corrected chi connectivity index (χ2v) is 7.82. The van der Waals surface area contributed by atoms with E-state index in [1.54, 1.807) is 11.8 Å². The molecule has 1 aromatic rings. The Kier molecular flexibility index (Phi) is 5.43. The van der Waals surface area contributed by atoms with Gasteiger partial charge in [0.15, 0.2) is 0 Å². The number of rotatable bonds is 6. The van der Waals surface area contributed by atoms with Crippen LogP contribution in [0.1, 0.15) is 19.8 Å². The van der Waals surface area contributed by atoms with Crippen LogP contribution in [0, 0.1) is 0 Å². The van der Waals surface area contributed by atoms with Gasteiger partial charge in [0.25, 0.3) is 10.1 Å². The fraction of sp³-hybridized carbons (Fsp3) is 0.357. The van der Waals surface area contributed by atoms with Gasteiger partial charge in [-0.1, -0.05) is 43.0 Å². The molecule has 1 N–H and O–H groups in total. The highest BCUT2D eigenvalue weighted by molar-refractivity contribution is 8.03. The molecule has 0 spiro atoms. The van der Waals surface area contributed by atoms with E-state index in [4.69, 9.17) is 16.8 Å². The summed E-state index contributed by atoms with van der Waals surface area (Å²) in [5, 5.41) is 1.01. The number of para-hydroxylation sites is 1. The van der Waals surface area contributed by atoms with Gasteiger partial charge in [0.05, 0.1) is 16.5 Å². The molecule has 114 valence electrons. The Morgan fingerprint density at radius 2 is 2.14 bits per heavy atom. The van der Waals surface area contributed by atoms with Crippen molar-refractivity contribution in [3.8, 4) is 0 Å². The Hall–Kier alpha value is -0.890. The number of anilines is 1. The normalized spacial score (nSPS) is 16.3. The van der Waals surface area contributed by atoms with E-state index in [1.165, 1.54) is 0 Å². The molecule has 1 aliphatic rings. The molecule has 1 aliphatic heterocycles. The molecular formula is C14H17NO3S3. The minimum atomic E-state index is -3.92. The smallest absolute Gasteiger partial charge is 0.264 e. The quantitative estimate of drug-likeness (QED) is 0.485. The third kappa shape index (κ3) is 4.54. The van der Waals surface area contributed by atoms with E-state index in [2.05, 4.69) is 4.90 Å². The van der Waals surface area contributed by atoms with Crippen molar-refractivity contribution in [2.24, 2.45) is 0 Å². The summed E-state index contributed by atoms with van der Waals surface area (Å²) in [4.78, 5) is 4.06. The monoisotopic (exact) mass is 343 g/mol. The van der Waals surface area contributed by atoms with E-state index in [0.717, 1.165) is 26.9 Å². The summed E-state index contributed by atoms with van der Waals surface area (Å²) in [5.41, 5.74) is 1.06. The van der Waals surface area contributed by atoms with Gasteiger partial charge in [-0.3, -0.25) is 4.55 Å². The van der Waals surface area contributed by atoms with E-state index in [1.807, 2.05) is 37.3 Å². The standard InChI is InChI=1S/C14H17NO3S3/c1-2-11(19)10-14-15(8-5-9-21(16,17)18)12-6-3-4-7-13(12)20-14/h3-4,6-7,10H,2,5,8-9H2,1H3,(H,16,17,18)/b14-10-. The lowest BCUT2D eigenvalue weighted by atomic mass is 10.2. The van der Waals surface area contributed by atoms with Crippen LogP contribution in [0.2, 0.25) is 0 Å². The van der Waals surface area contributed by atoms with E-state index in [9.17, 15) is 8.42 Å². The summed E-state index contributed by atoms with van der Waals surface area (Å²) >= 11 is 6.91.